The number of aromatic nitrogens is 3. The summed E-state index contributed by atoms with van der Waals surface area (Å²) in [5, 5.41) is 3.90. The summed E-state index contributed by atoms with van der Waals surface area (Å²) in [5.74, 6) is 0.00789. The summed E-state index contributed by atoms with van der Waals surface area (Å²) in [5.41, 5.74) is 8.66. The highest BCUT2D eigenvalue weighted by atomic mass is 32.2. The van der Waals surface area contributed by atoms with E-state index in [1.165, 1.54) is 16.0 Å². The normalized spacial score (nSPS) is 11.9. The van der Waals surface area contributed by atoms with Gasteiger partial charge in [-0.05, 0) is 13.8 Å². The zero-order valence-electron chi connectivity index (χ0n) is 10.8. The molecule has 0 saturated carbocycles. The van der Waals surface area contributed by atoms with Crippen LogP contribution < -0.4 is 10.5 Å². The van der Waals surface area contributed by atoms with Crippen LogP contribution in [0.25, 0.3) is 0 Å². The molecule has 0 unspecified atom stereocenters. The van der Waals surface area contributed by atoms with E-state index >= 15 is 0 Å². The van der Waals surface area contributed by atoms with Gasteiger partial charge >= 0.3 is 0 Å². The second-order valence-corrected chi connectivity index (χ2v) is 6.75. The number of nitrogens with zero attached hydrogens (tertiary/aromatic N) is 3. The van der Waals surface area contributed by atoms with E-state index in [-0.39, 0.29) is 17.3 Å². The van der Waals surface area contributed by atoms with Crippen LogP contribution in [0.1, 0.15) is 16.3 Å². The Morgan fingerprint density at radius 3 is 2.63 bits per heavy atom. The van der Waals surface area contributed by atoms with Crippen molar-refractivity contribution < 1.29 is 8.42 Å². The predicted octanol–water partition coefficient (Wildman–Crippen LogP) is 0.554. The van der Waals surface area contributed by atoms with E-state index in [1.807, 2.05) is 6.92 Å². The van der Waals surface area contributed by atoms with E-state index in [2.05, 4.69) is 14.8 Å². The third-order valence-corrected chi connectivity index (χ3v) is 5.34. The summed E-state index contributed by atoms with van der Waals surface area (Å²) in [7, 11) is -2.02. The fourth-order valence-corrected chi connectivity index (χ4v) is 3.80. The molecular formula is C10H15N5O2S2. The van der Waals surface area contributed by atoms with Gasteiger partial charge in [0, 0.05) is 18.5 Å². The van der Waals surface area contributed by atoms with Crippen LogP contribution in [-0.4, -0.2) is 23.2 Å². The molecule has 0 aliphatic rings. The maximum absolute atomic E-state index is 12.2. The summed E-state index contributed by atoms with van der Waals surface area (Å²) in [4.78, 5) is 4.99. The zero-order chi connectivity index (χ0) is 14.2. The molecule has 19 heavy (non-hydrogen) atoms. The SMILES string of the molecule is Cc1ncsc1CNS(=O)(=O)c1c(N)nn(C)c1C. The van der Waals surface area contributed by atoms with Gasteiger partial charge in [-0.1, -0.05) is 0 Å². The number of thiazole rings is 1. The van der Waals surface area contributed by atoms with Crippen LogP contribution >= 0.6 is 11.3 Å². The minimum absolute atomic E-state index is 0.00789. The van der Waals surface area contributed by atoms with Crippen LogP contribution in [0.3, 0.4) is 0 Å². The molecule has 0 spiro atoms. The van der Waals surface area contributed by atoms with Crippen LogP contribution in [0, 0.1) is 13.8 Å². The Hall–Kier alpha value is -1.45. The number of anilines is 1. The van der Waals surface area contributed by atoms with Crippen LogP contribution in [0.15, 0.2) is 10.4 Å². The average molecular weight is 301 g/mol. The molecule has 0 bridgehead atoms. The summed E-state index contributed by atoms with van der Waals surface area (Å²) in [6.07, 6.45) is 0. The number of rotatable bonds is 4. The van der Waals surface area contributed by atoms with Crippen molar-refractivity contribution in [1.82, 2.24) is 19.5 Å². The lowest BCUT2D eigenvalue weighted by Crippen LogP contribution is -2.24. The molecule has 7 nitrogen and oxygen atoms in total. The molecule has 0 aliphatic heterocycles. The van der Waals surface area contributed by atoms with Crippen molar-refractivity contribution in [1.29, 1.82) is 0 Å². The Labute approximate surface area is 115 Å². The first-order valence-electron chi connectivity index (χ1n) is 5.50. The van der Waals surface area contributed by atoms with Gasteiger partial charge in [0.05, 0.1) is 16.9 Å². The minimum atomic E-state index is -3.67. The molecule has 2 aromatic rings. The molecule has 104 valence electrons. The average Bonchev–Trinajstić information content (AvgIpc) is 2.82. The molecule has 0 atom stereocenters. The topological polar surface area (TPSA) is 103 Å². The van der Waals surface area contributed by atoms with Crippen molar-refractivity contribution in [3.8, 4) is 0 Å². The van der Waals surface area contributed by atoms with Gasteiger partial charge < -0.3 is 5.73 Å². The number of aryl methyl sites for hydroxylation is 2. The molecule has 0 saturated heterocycles. The molecule has 2 aromatic heterocycles. The van der Waals surface area contributed by atoms with Gasteiger partial charge in [0.15, 0.2) is 5.82 Å². The molecular weight excluding hydrogens is 286 g/mol. The Bertz CT molecular complexity index is 702. The van der Waals surface area contributed by atoms with E-state index in [4.69, 9.17) is 5.73 Å². The van der Waals surface area contributed by atoms with Crippen LogP contribution in [0.2, 0.25) is 0 Å². The quantitative estimate of drug-likeness (QED) is 0.858. The van der Waals surface area contributed by atoms with E-state index in [0.29, 0.717) is 5.69 Å². The predicted molar refractivity (Wildman–Crippen MR) is 73.2 cm³/mol. The van der Waals surface area contributed by atoms with E-state index in [0.717, 1.165) is 10.6 Å². The standard InChI is InChI=1S/C10H15N5O2S2/c1-6-8(18-5-12-6)4-13-19(16,17)9-7(2)15(3)14-10(9)11/h5,13H,4H2,1-3H3,(H2,11,14). The van der Waals surface area contributed by atoms with Gasteiger partial charge in [-0.15, -0.1) is 11.3 Å². The smallest absolute Gasteiger partial charge is 0.246 e. The summed E-state index contributed by atoms with van der Waals surface area (Å²) >= 11 is 1.41. The maximum Gasteiger partial charge on any atom is 0.246 e. The Morgan fingerprint density at radius 1 is 1.47 bits per heavy atom. The maximum atomic E-state index is 12.2. The number of nitrogens with one attached hydrogen (secondary N) is 1. The van der Waals surface area contributed by atoms with Crippen molar-refractivity contribution in [2.75, 3.05) is 5.73 Å². The van der Waals surface area contributed by atoms with Gasteiger partial charge in [0.1, 0.15) is 4.90 Å². The minimum Gasteiger partial charge on any atom is -0.381 e. The number of hydrogen-bond donors (Lipinski definition) is 2. The number of nitrogens with two attached hydrogens (primary N) is 1. The van der Waals surface area contributed by atoms with E-state index in [1.54, 1.807) is 19.5 Å². The summed E-state index contributed by atoms with van der Waals surface area (Å²) < 4.78 is 28.4. The molecule has 0 amide bonds. The zero-order valence-corrected chi connectivity index (χ0v) is 12.5. The number of nitrogen functional groups attached to an aromatic ring is 1. The van der Waals surface area contributed by atoms with Gasteiger partial charge in [-0.2, -0.15) is 5.10 Å². The largest absolute Gasteiger partial charge is 0.381 e. The number of sulfonamides is 1. The van der Waals surface area contributed by atoms with Crippen molar-refractivity contribution in [3.63, 3.8) is 0 Å². The Morgan fingerprint density at radius 2 is 2.16 bits per heavy atom. The summed E-state index contributed by atoms with van der Waals surface area (Å²) in [6, 6.07) is 0. The second kappa shape index (κ2) is 4.91. The highest BCUT2D eigenvalue weighted by Crippen LogP contribution is 2.21. The first kappa shape index (κ1) is 14.0. The number of hydrogen-bond acceptors (Lipinski definition) is 6. The van der Waals surface area contributed by atoms with Crippen molar-refractivity contribution in [3.05, 3.63) is 21.8 Å². The fourth-order valence-electron chi connectivity index (χ4n) is 1.68. The monoisotopic (exact) mass is 301 g/mol. The first-order valence-corrected chi connectivity index (χ1v) is 7.87. The molecule has 2 rings (SSSR count). The molecule has 3 N–H and O–H groups in total. The van der Waals surface area contributed by atoms with Crippen molar-refractivity contribution in [2.24, 2.45) is 7.05 Å². The second-order valence-electron chi connectivity index (χ2n) is 4.11. The van der Waals surface area contributed by atoms with Gasteiger partial charge in [0.25, 0.3) is 0 Å². The first-order chi connectivity index (χ1) is 8.83. The lowest BCUT2D eigenvalue weighted by Gasteiger charge is -2.06. The van der Waals surface area contributed by atoms with E-state index in [9.17, 15) is 8.42 Å². The third kappa shape index (κ3) is 2.62. The van der Waals surface area contributed by atoms with Crippen LogP contribution in [-0.2, 0) is 23.6 Å². The molecule has 2 heterocycles. The molecule has 0 fully saturated rings. The van der Waals surface area contributed by atoms with Crippen LogP contribution in [0.4, 0.5) is 5.82 Å². The molecule has 0 radical (unpaired) electrons. The third-order valence-electron chi connectivity index (χ3n) is 2.84. The lowest BCUT2D eigenvalue weighted by atomic mass is 10.4. The fraction of sp³-hybridized carbons (Fsp3) is 0.400. The molecule has 9 heteroatoms. The Kier molecular flexibility index (Phi) is 3.61. The van der Waals surface area contributed by atoms with Gasteiger partial charge in [0.2, 0.25) is 10.0 Å². The molecule has 0 aliphatic carbocycles. The highest BCUT2D eigenvalue weighted by Gasteiger charge is 2.24. The highest BCUT2D eigenvalue weighted by molar-refractivity contribution is 7.89. The Balaban J connectivity index is 2.26. The van der Waals surface area contributed by atoms with Crippen molar-refractivity contribution >= 4 is 27.2 Å². The lowest BCUT2D eigenvalue weighted by molar-refractivity contribution is 0.581. The van der Waals surface area contributed by atoms with Crippen LogP contribution in [0.5, 0.6) is 0 Å². The summed E-state index contributed by atoms with van der Waals surface area (Å²) in [6.45, 7) is 3.70. The van der Waals surface area contributed by atoms with Gasteiger partial charge in [-0.25, -0.2) is 18.1 Å². The van der Waals surface area contributed by atoms with Gasteiger partial charge in [-0.3, -0.25) is 4.68 Å². The van der Waals surface area contributed by atoms with E-state index < -0.39 is 10.0 Å². The van der Waals surface area contributed by atoms with Crippen molar-refractivity contribution in [2.45, 2.75) is 25.3 Å². The molecule has 0 aromatic carbocycles.